The van der Waals surface area contributed by atoms with Crippen LogP contribution in [0.5, 0.6) is 0 Å². The predicted octanol–water partition coefficient (Wildman–Crippen LogP) is 0.120. The molecule has 1 fully saturated rings. The Bertz CT molecular complexity index is 230. The summed E-state index contributed by atoms with van der Waals surface area (Å²) in [5.74, 6) is -1.47. The SMILES string of the molecule is N[C@]1(C(=O)O)CO[C@H](C(F)(F)F)C1. The Morgan fingerprint density at radius 1 is 1.62 bits per heavy atom. The van der Waals surface area contributed by atoms with Crippen LogP contribution in [0.1, 0.15) is 6.42 Å². The van der Waals surface area contributed by atoms with E-state index >= 15 is 0 Å². The summed E-state index contributed by atoms with van der Waals surface area (Å²) >= 11 is 0. The Morgan fingerprint density at radius 3 is 2.38 bits per heavy atom. The Balaban J connectivity index is 2.69. The third kappa shape index (κ3) is 1.92. The van der Waals surface area contributed by atoms with Crippen molar-refractivity contribution in [3.63, 3.8) is 0 Å². The Morgan fingerprint density at radius 2 is 2.15 bits per heavy atom. The molecule has 7 heteroatoms. The Hall–Kier alpha value is -0.820. The van der Waals surface area contributed by atoms with E-state index in [1.807, 2.05) is 0 Å². The molecule has 2 atom stereocenters. The fourth-order valence-corrected chi connectivity index (χ4v) is 1.06. The average Bonchev–Trinajstić information content (AvgIpc) is 2.31. The average molecular weight is 199 g/mol. The van der Waals surface area contributed by atoms with Crippen LogP contribution in [-0.2, 0) is 9.53 Å². The van der Waals surface area contributed by atoms with Crippen molar-refractivity contribution in [3.05, 3.63) is 0 Å². The van der Waals surface area contributed by atoms with Crippen LogP contribution in [0.2, 0.25) is 0 Å². The van der Waals surface area contributed by atoms with E-state index < -0.39 is 36.8 Å². The summed E-state index contributed by atoms with van der Waals surface area (Å²) in [6, 6.07) is 0. The number of rotatable bonds is 1. The largest absolute Gasteiger partial charge is 0.480 e. The van der Waals surface area contributed by atoms with Crippen LogP contribution >= 0.6 is 0 Å². The molecule has 4 nitrogen and oxygen atoms in total. The first-order valence-corrected chi connectivity index (χ1v) is 3.46. The van der Waals surface area contributed by atoms with Crippen molar-refractivity contribution in [2.75, 3.05) is 6.61 Å². The molecule has 1 heterocycles. The van der Waals surface area contributed by atoms with Gasteiger partial charge in [-0.05, 0) is 0 Å². The fraction of sp³-hybridized carbons (Fsp3) is 0.833. The van der Waals surface area contributed by atoms with Crippen molar-refractivity contribution in [3.8, 4) is 0 Å². The summed E-state index contributed by atoms with van der Waals surface area (Å²) in [4.78, 5) is 10.4. The molecule has 0 aromatic carbocycles. The number of hydrogen-bond donors (Lipinski definition) is 2. The highest BCUT2D eigenvalue weighted by atomic mass is 19.4. The molecule has 1 aliphatic rings. The molecular formula is C6H8F3NO3. The van der Waals surface area contributed by atoms with E-state index in [9.17, 15) is 18.0 Å². The summed E-state index contributed by atoms with van der Waals surface area (Å²) in [5.41, 5.74) is 3.26. The number of nitrogens with two attached hydrogens (primary N) is 1. The minimum Gasteiger partial charge on any atom is -0.480 e. The van der Waals surface area contributed by atoms with E-state index in [4.69, 9.17) is 10.8 Å². The number of carboxylic acid groups (broad SMARTS) is 1. The Kier molecular flexibility index (Phi) is 2.25. The summed E-state index contributed by atoms with van der Waals surface area (Å²) in [7, 11) is 0. The van der Waals surface area contributed by atoms with Gasteiger partial charge in [-0.15, -0.1) is 0 Å². The lowest BCUT2D eigenvalue weighted by Crippen LogP contribution is -2.49. The molecule has 0 spiro atoms. The standard InChI is InChI=1S/C6H8F3NO3/c7-6(8,9)3-1-5(10,2-13-3)4(11)12/h3H,1-2,10H2,(H,11,12)/t3-,5-/m0/s1. The summed E-state index contributed by atoms with van der Waals surface area (Å²) in [6.07, 6.45) is -7.34. The van der Waals surface area contributed by atoms with Gasteiger partial charge in [-0.1, -0.05) is 0 Å². The molecule has 0 unspecified atom stereocenters. The minimum atomic E-state index is -4.55. The molecule has 3 N–H and O–H groups in total. The van der Waals surface area contributed by atoms with Gasteiger partial charge in [0.25, 0.3) is 0 Å². The third-order valence-corrected chi connectivity index (χ3v) is 1.88. The van der Waals surface area contributed by atoms with Crippen molar-refractivity contribution in [1.82, 2.24) is 0 Å². The van der Waals surface area contributed by atoms with Crippen molar-refractivity contribution >= 4 is 5.97 Å². The van der Waals surface area contributed by atoms with Gasteiger partial charge in [-0.3, -0.25) is 4.79 Å². The molecule has 0 bridgehead atoms. The summed E-state index contributed by atoms with van der Waals surface area (Å²) in [6.45, 7) is -0.605. The van der Waals surface area contributed by atoms with Crippen LogP contribution in [0.4, 0.5) is 13.2 Å². The van der Waals surface area contributed by atoms with E-state index in [-0.39, 0.29) is 0 Å². The molecule has 76 valence electrons. The maximum Gasteiger partial charge on any atom is 0.414 e. The number of alkyl halides is 3. The number of carbonyl (C=O) groups is 1. The normalized spacial score (nSPS) is 34.9. The quantitative estimate of drug-likeness (QED) is 0.629. The number of hydrogen-bond acceptors (Lipinski definition) is 3. The fourth-order valence-electron chi connectivity index (χ4n) is 1.06. The molecule has 0 aromatic rings. The van der Waals surface area contributed by atoms with Crippen molar-refractivity contribution in [2.24, 2.45) is 5.73 Å². The molecule has 0 aromatic heterocycles. The van der Waals surface area contributed by atoms with E-state index in [0.717, 1.165) is 0 Å². The van der Waals surface area contributed by atoms with Crippen LogP contribution in [0, 0.1) is 0 Å². The molecule has 0 saturated carbocycles. The van der Waals surface area contributed by atoms with Crippen molar-refractivity contribution in [1.29, 1.82) is 0 Å². The van der Waals surface area contributed by atoms with Crippen molar-refractivity contribution in [2.45, 2.75) is 24.2 Å². The highest BCUT2D eigenvalue weighted by Gasteiger charge is 2.53. The predicted molar refractivity (Wildman–Crippen MR) is 35.0 cm³/mol. The molecule has 13 heavy (non-hydrogen) atoms. The molecule has 0 radical (unpaired) electrons. The molecule has 1 saturated heterocycles. The second-order valence-electron chi connectivity index (χ2n) is 3.01. The minimum absolute atomic E-state index is 0.605. The first-order valence-electron chi connectivity index (χ1n) is 3.46. The second-order valence-corrected chi connectivity index (χ2v) is 3.01. The van der Waals surface area contributed by atoms with Crippen LogP contribution in [-0.4, -0.2) is 35.5 Å². The molecule has 1 aliphatic heterocycles. The summed E-state index contributed by atoms with van der Waals surface area (Å²) in [5, 5.41) is 8.48. The van der Waals surface area contributed by atoms with Crippen LogP contribution < -0.4 is 5.73 Å². The van der Waals surface area contributed by atoms with Gasteiger partial charge in [-0.25, -0.2) is 0 Å². The molecular weight excluding hydrogens is 191 g/mol. The van der Waals surface area contributed by atoms with E-state index in [0.29, 0.717) is 0 Å². The van der Waals surface area contributed by atoms with Gasteiger partial charge in [0.05, 0.1) is 6.61 Å². The monoisotopic (exact) mass is 199 g/mol. The van der Waals surface area contributed by atoms with E-state index in [1.165, 1.54) is 0 Å². The summed E-state index contributed by atoms with van der Waals surface area (Å²) < 4.78 is 40.2. The number of ether oxygens (including phenoxy) is 1. The highest BCUT2D eigenvalue weighted by molar-refractivity contribution is 5.79. The smallest absolute Gasteiger partial charge is 0.414 e. The van der Waals surface area contributed by atoms with Gasteiger partial charge in [0, 0.05) is 6.42 Å². The topological polar surface area (TPSA) is 72.6 Å². The van der Waals surface area contributed by atoms with Crippen LogP contribution in [0.3, 0.4) is 0 Å². The van der Waals surface area contributed by atoms with Gasteiger partial charge in [-0.2, -0.15) is 13.2 Å². The molecule has 0 amide bonds. The highest BCUT2D eigenvalue weighted by Crippen LogP contribution is 2.33. The van der Waals surface area contributed by atoms with Crippen molar-refractivity contribution < 1.29 is 27.8 Å². The van der Waals surface area contributed by atoms with Crippen LogP contribution in [0.25, 0.3) is 0 Å². The first-order chi connectivity index (χ1) is 5.76. The van der Waals surface area contributed by atoms with E-state index in [2.05, 4.69) is 4.74 Å². The first kappa shape index (κ1) is 10.3. The number of aliphatic carboxylic acids is 1. The van der Waals surface area contributed by atoms with Gasteiger partial charge in [0.2, 0.25) is 0 Å². The van der Waals surface area contributed by atoms with Gasteiger partial charge < -0.3 is 15.6 Å². The lowest BCUT2D eigenvalue weighted by Gasteiger charge is -2.16. The second kappa shape index (κ2) is 2.85. The zero-order chi connectivity index (χ0) is 10.3. The lowest BCUT2D eigenvalue weighted by molar-refractivity contribution is -0.206. The lowest BCUT2D eigenvalue weighted by atomic mass is 9.97. The number of carboxylic acids is 1. The maximum absolute atomic E-state index is 12.0. The third-order valence-electron chi connectivity index (χ3n) is 1.88. The van der Waals surface area contributed by atoms with E-state index in [1.54, 1.807) is 0 Å². The van der Waals surface area contributed by atoms with Gasteiger partial charge >= 0.3 is 12.1 Å². The zero-order valence-electron chi connectivity index (χ0n) is 6.47. The van der Waals surface area contributed by atoms with Gasteiger partial charge in [0.15, 0.2) is 6.10 Å². The number of halogens is 3. The maximum atomic E-state index is 12.0. The zero-order valence-corrected chi connectivity index (χ0v) is 6.47. The molecule has 1 rings (SSSR count). The van der Waals surface area contributed by atoms with Crippen LogP contribution in [0.15, 0.2) is 0 Å². The van der Waals surface area contributed by atoms with Gasteiger partial charge in [0.1, 0.15) is 5.54 Å². The molecule has 0 aliphatic carbocycles. The Labute approximate surface area is 71.5 Å².